The van der Waals surface area contributed by atoms with E-state index in [1.165, 1.54) is 0 Å². The second kappa shape index (κ2) is 2.49. The Morgan fingerprint density at radius 1 is 1.50 bits per heavy atom. The highest BCUT2D eigenvalue weighted by molar-refractivity contribution is 5.34. The number of aromatic nitrogens is 1. The summed E-state index contributed by atoms with van der Waals surface area (Å²) in [7, 11) is 0. The minimum absolute atomic E-state index is 0.658. The van der Waals surface area contributed by atoms with E-state index >= 15 is 0 Å². The van der Waals surface area contributed by atoms with Gasteiger partial charge in [-0.25, -0.2) is 0 Å². The molecule has 0 aliphatic heterocycles. The van der Waals surface area contributed by atoms with E-state index in [-0.39, 0.29) is 0 Å². The van der Waals surface area contributed by atoms with Gasteiger partial charge in [0.25, 0.3) is 0 Å². The molecule has 0 aliphatic carbocycles. The van der Waals surface area contributed by atoms with Crippen molar-refractivity contribution in [1.82, 2.24) is 4.98 Å². The summed E-state index contributed by atoms with van der Waals surface area (Å²) in [4.78, 5) is 3.99. The van der Waals surface area contributed by atoms with Gasteiger partial charge in [-0.1, -0.05) is 0 Å². The molecule has 0 spiro atoms. The third kappa shape index (κ3) is 1.14. The van der Waals surface area contributed by atoms with Crippen LogP contribution in [0.5, 0.6) is 0 Å². The van der Waals surface area contributed by atoms with Crippen LogP contribution in [0.15, 0.2) is 12.3 Å². The molecule has 1 aromatic heterocycles. The molecule has 1 heterocycles. The first-order valence-corrected chi connectivity index (χ1v) is 3.07. The SMILES string of the molecule is Cc1cc(C)c(C#N)cn1. The molecule has 2 heteroatoms. The molecule has 0 aliphatic rings. The highest BCUT2D eigenvalue weighted by atomic mass is 14.7. The normalized spacial score (nSPS) is 8.90. The van der Waals surface area contributed by atoms with E-state index in [4.69, 9.17) is 5.26 Å². The number of rotatable bonds is 0. The summed E-state index contributed by atoms with van der Waals surface area (Å²) in [5.74, 6) is 0. The summed E-state index contributed by atoms with van der Waals surface area (Å²) in [5.41, 5.74) is 2.61. The Labute approximate surface area is 60.1 Å². The van der Waals surface area contributed by atoms with Crippen LogP contribution >= 0.6 is 0 Å². The van der Waals surface area contributed by atoms with Crippen LogP contribution in [-0.4, -0.2) is 4.98 Å². The maximum atomic E-state index is 8.52. The van der Waals surface area contributed by atoms with E-state index in [9.17, 15) is 0 Å². The van der Waals surface area contributed by atoms with Crippen molar-refractivity contribution >= 4 is 0 Å². The monoisotopic (exact) mass is 132 g/mol. The summed E-state index contributed by atoms with van der Waals surface area (Å²) in [6.07, 6.45) is 1.60. The molecule has 0 saturated carbocycles. The minimum atomic E-state index is 0.658. The molecular formula is C8H8N2. The van der Waals surface area contributed by atoms with Crippen LogP contribution in [0.2, 0.25) is 0 Å². The Bertz CT molecular complexity index is 284. The largest absolute Gasteiger partial charge is 0.260 e. The Morgan fingerprint density at radius 3 is 2.70 bits per heavy atom. The van der Waals surface area contributed by atoms with Crippen LogP contribution in [0.1, 0.15) is 16.8 Å². The summed E-state index contributed by atoms with van der Waals surface area (Å²) in [6, 6.07) is 3.96. The zero-order valence-electron chi connectivity index (χ0n) is 6.05. The number of pyridine rings is 1. The van der Waals surface area contributed by atoms with Gasteiger partial charge in [0.05, 0.1) is 5.56 Å². The van der Waals surface area contributed by atoms with Gasteiger partial charge in [0.1, 0.15) is 6.07 Å². The average molecular weight is 132 g/mol. The molecule has 0 radical (unpaired) electrons. The van der Waals surface area contributed by atoms with Crippen LogP contribution in [0.25, 0.3) is 0 Å². The lowest BCUT2D eigenvalue weighted by Gasteiger charge is -1.95. The molecule has 10 heavy (non-hydrogen) atoms. The lowest BCUT2D eigenvalue weighted by atomic mass is 10.1. The maximum absolute atomic E-state index is 8.52. The number of nitrogens with zero attached hydrogens (tertiary/aromatic N) is 2. The van der Waals surface area contributed by atoms with Gasteiger partial charge in [0.2, 0.25) is 0 Å². The topological polar surface area (TPSA) is 36.7 Å². The van der Waals surface area contributed by atoms with Gasteiger partial charge in [-0.3, -0.25) is 4.98 Å². The standard InChI is InChI=1S/C8H8N2/c1-6-3-7(2)10-5-8(6)4-9/h3,5H,1-2H3. The van der Waals surface area contributed by atoms with Gasteiger partial charge in [-0.05, 0) is 25.5 Å². The molecule has 0 aromatic carbocycles. The predicted molar refractivity (Wildman–Crippen MR) is 38.4 cm³/mol. The van der Waals surface area contributed by atoms with Gasteiger partial charge in [0.15, 0.2) is 0 Å². The number of aryl methyl sites for hydroxylation is 2. The van der Waals surface area contributed by atoms with E-state index in [0.29, 0.717) is 5.56 Å². The fraction of sp³-hybridized carbons (Fsp3) is 0.250. The van der Waals surface area contributed by atoms with Crippen molar-refractivity contribution in [3.8, 4) is 6.07 Å². The van der Waals surface area contributed by atoms with Crippen molar-refractivity contribution in [3.63, 3.8) is 0 Å². The zero-order valence-corrected chi connectivity index (χ0v) is 6.05. The highest BCUT2D eigenvalue weighted by Gasteiger charge is 1.95. The average Bonchev–Trinajstić information content (AvgIpc) is 1.88. The lowest BCUT2D eigenvalue weighted by Crippen LogP contribution is -1.86. The fourth-order valence-electron chi connectivity index (χ4n) is 0.814. The van der Waals surface area contributed by atoms with Crippen molar-refractivity contribution < 1.29 is 0 Å². The van der Waals surface area contributed by atoms with E-state index < -0.39 is 0 Å². The third-order valence-corrected chi connectivity index (χ3v) is 1.37. The molecule has 0 saturated heterocycles. The Hall–Kier alpha value is -1.36. The Balaban J connectivity index is 3.23. The van der Waals surface area contributed by atoms with Gasteiger partial charge in [-0.2, -0.15) is 5.26 Å². The number of hydrogen-bond acceptors (Lipinski definition) is 2. The summed E-state index contributed by atoms with van der Waals surface area (Å²) < 4.78 is 0. The van der Waals surface area contributed by atoms with Gasteiger partial charge >= 0.3 is 0 Å². The molecule has 0 N–H and O–H groups in total. The van der Waals surface area contributed by atoms with Gasteiger partial charge < -0.3 is 0 Å². The molecule has 0 fully saturated rings. The predicted octanol–water partition coefficient (Wildman–Crippen LogP) is 1.57. The van der Waals surface area contributed by atoms with E-state index in [2.05, 4.69) is 11.1 Å². The molecule has 1 rings (SSSR count). The Kier molecular flexibility index (Phi) is 1.68. The molecule has 0 bridgehead atoms. The van der Waals surface area contributed by atoms with E-state index in [1.807, 2.05) is 19.9 Å². The van der Waals surface area contributed by atoms with Crippen molar-refractivity contribution in [2.45, 2.75) is 13.8 Å². The fourth-order valence-corrected chi connectivity index (χ4v) is 0.814. The molecule has 0 atom stereocenters. The van der Waals surface area contributed by atoms with Gasteiger partial charge in [-0.15, -0.1) is 0 Å². The lowest BCUT2D eigenvalue weighted by molar-refractivity contribution is 1.16. The van der Waals surface area contributed by atoms with Gasteiger partial charge in [0, 0.05) is 11.9 Å². The molecule has 0 amide bonds. The van der Waals surface area contributed by atoms with Crippen LogP contribution in [0.3, 0.4) is 0 Å². The molecule has 1 aromatic rings. The molecular weight excluding hydrogens is 124 g/mol. The quantitative estimate of drug-likeness (QED) is 0.537. The van der Waals surface area contributed by atoms with Crippen LogP contribution in [-0.2, 0) is 0 Å². The second-order valence-corrected chi connectivity index (χ2v) is 2.25. The van der Waals surface area contributed by atoms with Crippen molar-refractivity contribution in [2.24, 2.45) is 0 Å². The first-order valence-electron chi connectivity index (χ1n) is 3.07. The Morgan fingerprint density at radius 2 is 2.20 bits per heavy atom. The van der Waals surface area contributed by atoms with Crippen molar-refractivity contribution in [3.05, 3.63) is 29.1 Å². The van der Waals surface area contributed by atoms with Crippen molar-refractivity contribution in [2.75, 3.05) is 0 Å². The number of nitriles is 1. The number of hydrogen-bond donors (Lipinski definition) is 0. The zero-order chi connectivity index (χ0) is 7.56. The summed E-state index contributed by atoms with van der Waals surface area (Å²) in [6.45, 7) is 3.82. The van der Waals surface area contributed by atoms with E-state index in [0.717, 1.165) is 11.3 Å². The smallest absolute Gasteiger partial charge is 0.101 e. The first-order chi connectivity index (χ1) is 4.74. The molecule has 0 unspecified atom stereocenters. The summed E-state index contributed by atoms with van der Waals surface area (Å²) >= 11 is 0. The summed E-state index contributed by atoms with van der Waals surface area (Å²) in [5, 5.41) is 8.52. The third-order valence-electron chi connectivity index (χ3n) is 1.37. The highest BCUT2D eigenvalue weighted by Crippen LogP contribution is 2.04. The van der Waals surface area contributed by atoms with Crippen molar-refractivity contribution in [1.29, 1.82) is 5.26 Å². The first kappa shape index (κ1) is 6.76. The minimum Gasteiger partial charge on any atom is -0.260 e. The van der Waals surface area contributed by atoms with Crippen LogP contribution in [0.4, 0.5) is 0 Å². The second-order valence-electron chi connectivity index (χ2n) is 2.25. The maximum Gasteiger partial charge on any atom is 0.101 e. The van der Waals surface area contributed by atoms with Crippen LogP contribution < -0.4 is 0 Å². The molecule has 50 valence electrons. The van der Waals surface area contributed by atoms with E-state index in [1.54, 1.807) is 6.20 Å². The van der Waals surface area contributed by atoms with Crippen LogP contribution in [0, 0.1) is 25.2 Å². The molecule has 2 nitrogen and oxygen atoms in total.